The summed E-state index contributed by atoms with van der Waals surface area (Å²) in [7, 11) is 3.10. The molecule has 0 atom stereocenters. The van der Waals surface area contributed by atoms with E-state index in [1.165, 1.54) is 4.57 Å². The molecule has 224 valence electrons. The van der Waals surface area contributed by atoms with Crippen LogP contribution in [0.2, 0.25) is 0 Å². The van der Waals surface area contributed by atoms with Crippen molar-refractivity contribution in [2.45, 2.75) is 13.2 Å². The first-order chi connectivity index (χ1) is 22.1. The average Bonchev–Trinajstić information content (AvgIpc) is 3.10. The highest BCUT2D eigenvalue weighted by Gasteiger charge is 2.27. The Kier molecular flexibility index (Phi) is 8.60. The predicted octanol–water partition coefficient (Wildman–Crippen LogP) is 7.61. The van der Waals surface area contributed by atoms with Gasteiger partial charge in [0.05, 0.1) is 14.2 Å². The molecule has 0 unspecified atom stereocenters. The number of methoxy groups -OCH3 is 2. The van der Waals surface area contributed by atoms with Gasteiger partial charge in [0.25, 0.3) is 5.56 Å². The van der Waals surface area contributed by atoms with Gasteiger partial charge in [-0.25, -0.2) is 4.79 Å². The Bertz CT molecular complexity index is 1980. The maximum atomic E-state index is 14.2. The lowest BCUT2D eigenvalue weighted by Crippen LogP contribution is -2.27. The third-order valence-corrected chi connectivity index (χ3v) is 7.49. The van der Waals surface area contributed by atoms with Crippen molar-refractivity contribution in [1.82, 2.24) is 4.57 Å². The molecule has 7 heteroatoms. The molecule has 0 amide bonds. The van der Waals surface area contributed by atoms with Crippen LogP contribution >= 0.6 is 0 Å². The molecule has 6 rings (SSSR count). The zero-order valence-electron chi connectivity index (χ0n) is 24.9. The fraction of sp³-hybridized carbons (Fsp3) is 0.105. The number of fused-ring (bicyclic) bond motifs is 1. The van der Waals surface area contributed by atoms with E-state index in [0.29, 0.717) is 51.4 Å². The highest BCUT2D eigenvalue weighted by Crippen LogP contribution is 2.44. The summed E-state index contributed by atoms with van der Waals surface area (Å²) in [5.74, 6) is 0.584. The summed E-state index contributed by atoms with van der Waals surface area (Å²) in [5, 5.41) is 1.03. The number of benzene rings is 5. The zero-order chi connectivity index (χ0) is 31.2. The number of aromatic nitrogens is 1. The van der Waals surface area contributed by atoms with Gasteiger partial charge in [0, 0.05) is 16.6 Å². The number of rotatable bonds is 10. The van der Waals surface area contributed by atoms with Gasteiger partial charge in [-0.1, -0.05) is 97.1 Å². The molecule has 0 saturated carbocycles. The number of nitrogens with zero attached hydrogens (tertiary/aromatic N) is 1. The molecule has 0 aliphatic carbocycles. The first-order valence-corrected chi connectivity index (χ1v) is 14.5. The Labute approximate surface area is 260 Å². The number of carbonyl (C=O) groups excluding carboxylic acids is 1. The maximum Gasteiger partial charge on any atom is 0.356 e. The minimum absolute atomic E-state index is 0.0355. The Morgan fingerprint density at radius 1 is 0.644 bits per heavy atom. The predicted molar refractivity (Wildman–Crippen MR) is 174 cm³/mol. The summed E-state index contributed by atoms with van der Waals surface area (Å²) in [6.45, 7) is 0.333. The van der Waals surface area contributed by atoms with Crippen LogP contribution in [0.4, 0.5) is 0 Å². The summed E-state index contributed by atoms with van der Waals surface area (Å²) in [6.07, 6.45) is 0. The average molecular weight is 598 g/mol. The van der Waals surface area contributed by atoms with E-state index in [4.69, 9.17) is 18.9 Å². The van der Waals surface area contributed by atoms with Crippen LogP contribution in [0.3, 0.4) is 0 Å². The molecule has 0 saturated heterocycles. The van der Waals surface area contributed by atoms with Crippen molar-refractivity contribution in [3.8, 4) is 34.1 Å². The van der Waals surface area contributed by atoms with Gasteiger partial charge in [-0.3, -0.25) is 9.36 Å². The number of ether oxygens (including phenoxy) is 4. The molecule has 0 bridgehead atoms. The number of para-hydroxylation sites is 1. The number of pyridine rings is 1. The minimum atomic E-state index is -0.650. The molecule has 7 nitrogen and oxygen atoms in total. The normalized spacial score (nSPS) is 10.8. The second-order valence-corrected chi connectivity index (χ2v) is 10.3. The van der Waals surface area contributed by atoms with Gasteiger partial charge in [-0.15, -0.1) is 0 Å². The summed E-state index contributed by atoms with van der Waals surface area (Å²) < 4.78 is 25.1. The standard InChI is InChI=1S/C38H31NO6/c1-42-32-22-28(23-33(43-2)36(32)44-24-26-14-6-3-7-15-26)34-30-20-12-13-21-31(30)37(40)39(29-18-10-5-11-19-29)35(34)38(41)45-25-27-16-8-4-9-17-27/h3-23H,24-25H2,1-2H3. The maximum absolute atomic E-state index is 14.2. The summed E-state index contributed by atoms with van der Waals surface area (Å²) >= 11 is 0. The second kappa shape index (κ2) is 13.2. The van der Waals surface area contributed by atoms with Crippen LogP contribution in [0.15, 0.2) is 132 Å². The molecule has 0 N–H and O–H groups in total. The largest absolute Gasteiger partial charge is 0.493 e. The van der Waals surface area contributed by atoms with Crippen LogP contribution in [-0.2, 0) is 18.0 Å². The monoisotopic (exact) mass is 597 g/mol. The molecule has 1 aromatic heterocycles. The topological polar surface area (TPSA) is 76.0 Å². The van der Waals surface area contributed by atoms with E-state index in [1.54, 1.807) is 50.6 Å². The molecule has 45 heavy (non-hydrogen) atoms. The van der Waals surface area contributed by atoms with E-state index in [9.17, 15) is 9.59 Å². The molecule has 0 spiro atoms. The molecule has 0 aliphatic rings. The smallest absolute Gasteiger partial charge is 0.356 e. The molecule has 6 aromatic rings. The second-order valence-electron chi connectivity index (χ2n) is 10.3. The lowest BCUT2D eigenvalue weighted by molar-refractivity contribution is 0.0463. The van der Waals surface area contributed by atoms with E-state index >= 15 is 0 Å². The molecule has 0 radical (unpaired) electrons. The molecule has 5 aromatic carbocycles. The van der Waals surface area contributed by atoms with E-state index in [2.05, 4.69) is 0 Å². The lowest BCUT2D eigenvalue weighted by atomic mass is 9.95. The molecule has 0 fully saturated rings. The first kappa shape index (κ1) is 29.3. The van der Waals surface area contributed by atoms with Crippen molar-refractivity contribution in [2.75, 3.05) is 14.2 Å². The van der Waals surface area contributed by atoms with Gasteiger partial charge in [-0.05, 0) is 52.4 Å². The van der Waals surface area contributed by atoms with Crippen LogP contribution in [0.1, 0.15) is 21.6 Å². The SMILES string of the molecule is COc1cc(-c2c(C(=O)OCc3ccccc3)n(-c3ccccc3)c(=O)c3ccccc23)cc(OC)c1OCc1ccccc1. The fourth-order valence-corrected chi connectivity index (χ4v) is 5.35. The Hall–Kier alpha value is -5.82. The molecule has 1 heterocycles. The quantitative estimate of drug-likeness (QED) is 0.151. The number of hydrogen-bond acceptors (Lipinski definition) is 6. The zero-order valence-corrected chi connectivity index (χ0v) is 24.9. The van der Waals surface area contributed by atoms with Gasteiger partial charge >= 0.3 is 5.97 Å². The summed E-state index contributed by atoms with van der Waals surface area (Å²) in [4.78, 5) is 28.3. The number of hydrogen-bond donors (Lipinski definition) is 0. The van der Waals surface area contributed by atoms with Gasteiger partial charge in [0.15, 0.2) is 11.5 Å². The van der Waals surface area contributed by atoms with Gasteiger partial charge in [0.1, 0.15) is 18.9 Å². The van der Waals surface area contributed by atoms with E-state index in [0.717, 1.165) is 11.1 Å². The Morgan fingerprint density at radius 2 is 1.16 bits per heavy atom. The third-order valence-electron chi connectivity index (χ3n) is 7.49. The van der Waals surface area contributed by atoms with Crippen LogP contribution in [0, 0.1) is 0 Å². The number of esters is 1. The van der Waals surface area contributed by atoms with E-state index in [-0.39, 0.29) is 17.9 Å². The fourth-order valence-electron chi connectivity index (χ4n) is 5.35. The van der Waals surface area contributed by atoms with Crippen LogP contribution in [0.5, 0.6) is 17.2 Å². The molecular formula is C38H31NO6. The van der Waals surface area contributed by atoms with E-state index < -0.39 is 5.97 Å². The van der Waals surface area contributed by atoms with Crippen molar-refractivity contribution in [2.24, 2.45) is 0 Å². The van der Waals surface area contributed by atoms with Gasteiger partial charge in [0.2, 0.25) is 5.75 Å². The first-order valence-electron chi connectivity index (χ1n) is 14.5. The van der Waals surface area contributed by atoms with Crippen molar-refractivity contribution >= 4 is 16.7 Å². The Morgan fingerprint density at radius 3 is 1.73 bits per heavy atom. The summed E-state index contributed by atoms with van der Waals surface area (Å²) in [6, 6.07) is 39.1. The van der Waals surface area contributed by atoms with Crippen molar-refractivity contribution < 1.29 is 23.7 Å². The van der Waals surface area contributed by atoms with Crippen molar-refractivity contribution in [1.29, 1.82) is 0 Å². The van der Waals surface area contributed by atoms with Crippen LogP contribution in [0.25, 0.3) is 27.6 Å². The van der Waals surface area contributed by atoms with Gasteiger partial charge in [-0.2, -0.15) is 0 Å². The summed E-state index contributed by atoms with van der Waals surface area (Å²) in [5.41, 5.74) is 3.17. The van der Waals surface area contributed by atoms with E-state index in [1.807, 2.05) is 91.0 Å². The molecular weight excluding hydrogens is 566 g/mol. The van der Waals surface area contributed by atoms with Crippen molar-refractivity contribution in [3.63, 3.8) is 0 Å². The highest BCUT2D eigenvalue weighted by atomic mass is 16.5. The highest BCUT2D eigenvalue weighted by molar-refractivity contribution is 6.07. The minimum Gasteiger partial charge on any atom is -0.493 e. The third kappa shape index (κ3) is 6.01. The Balaban J connectivity index is 1.58. The number of carbonyl (C=O) groups is 1. The molecule has 0 aliphatic heterocycles. The van der Waals surface area contributed by atoms with Crippen molar-refractivity contribution in [3.05, 3.63) is 155 Å². The van der Waals surface area contributed by atoms with Gasteiger partial charge < -0.3 is 18.9 Å². The lowest BCUT2D eigenvalue weighted by Gasteiger charge is -2.21. The van der Waals surface area contributed by atoms with Crippen LogP contribution < -0.4 is 19.8 Å². The van der Waals surface area contributed by atoms with Crippen LogP contribution in [-0.4, -0.2) is 24.8 Å².